The zero-order valence-electron chi connectivity index (χ0n) is 8.55. The molecule has 2 nitrogen and oxygen atoms in total. The van der Waals surface area contributed by atoms with Crippen molar-refractivity contribution in [1.29, 1.82) is 0 Å². The molecule has 1 aliphatic carbocycles. The second-order valence-electron chi connectivity index (χ2n) is 4.20. The average molecular weight is 208 g/mol. The lowest BCUT2D eigenvalue weighted by molar-refractivity contribution is 0.529. The van der Waals surface area contributed by atoms with Crippen LogP contribution in [0.4, 0.5) is 0 Å². The average Bonchev–Trinajstić information content (AvgIpc) is 2.54. The van der Waals surface area contributed by atoms with Crippen LogP contribution >= 0.6 is 12.2 Å². The molecule has 14 heavy (non-hydrogen) atoms. The maximum absolute atomic E-state index is 5.10. The number of H-pyrrole nitrogens is 1. The molecule has 0 spiro atoms. The third kappa shape index (κ3) is 2.41. The van der Waals surface area contributed by atoms with E-state index in [1.807, 2.05) is 13.0 Å². The molecular weight excluding hydrogens is 192 g/mol. The molecule has 3 heteroatoms. The summed E-state index contributed by atoms with van der Waals surface area (Å²) in [4.78, 5) is 7.65. The van der Waals surface area contributed by atoms with Crippen molar-refractivity contribution >= 4 is 12.2 Å². The van der Waals surface area contributed by atoms with Crippen LogP contribution in [0.25, 0.3) is 0 Å². The molecule has 0 amide bonds. The summed E-state index contributed by atoms with van der Waals surface area (Å²) in [5.74, 6) is 1.90. The monoisotopic (exact) mass is 208 g/mol. The van der Waals surface area contributed by atoms with Gasteiger partial charge in [0.1, 0.15) is 10.5 Å². The summed E-state index contributed by atoms with van der Waals surface area (Å²) in [6, 6.07) is 1.91. The van der Waals surface area contributed by atoms with Crippen LogP contribution < -0.4 is 0 Å². The van der Waals surface area contributed by atoms with Crippen molar-refractivity contribution in [3.05, 3.63) is 22.2 Å². The molecule has 0 bridgehead atoms. The summed E-state index contributed by atoms with van der Waals surface area (Å²) in [5.41, 5.74) is 1.12. The Kier molecular flexibility index (Phi) is 2.96. The molecule has 0 radical (unpaired) electrons. The van der Waals surface area contributed by atoms with Gasteiger partial charge in [-0.15, -0.1) is 0 Å². The van der Waals surface area contributed by atoms with Gasteiger partial charge in [0.05, 0.1) is 0 Å². The van der Waals surface area contributed by atoms with E-state index in [2.05, 4.69) is 9.97 Å². The van der Waals surface area contributed by atoms with Gasteiger partial charge in [0, 0.05) is 12.1 Å². The molecule has 1 aromatic rings. The maximum Gasteiger partial charge on any atom is 0.129 e. The molecule has 0 aliphatic heterocycles. The van der Waals surface area contributed by atoms with E-state index in [4.69, 9.17) is 12.2 Å². The minimum absolute atomic E-state index is 0.717. The summed E-state index contributed by atoms with van der Waals surface area (Å²) in [6.07, 6.45) is 6.56. The van der Waals surface area contributed by atoms with Crippen LogP contribution in [0.2, 0.25) is 0 Å². The molecular formula is C11H16N2S. The SMILES string of the molecule is Cc1cc(=S)nc(CC2CCCC2)[nH]1. The van der Waals surface area contributed by atoms with Gasteiger partial charge in [-0.05, 0) is 18.9 Å². The molecule has 0 atom stereocenters. The fourth-order valence-corrected chi connectivity index (χ4v) is 2.51. The summed E-state index contributed by atoms with van der Waals surface area (Å²) < 4.78 is 0.717. The normalized spacial score (nSPS) is 17.5. The Hall–Kier alpha value is -0.700. The fourth-order valence-electron chi connectivity index (χ4n) is 2.23. The molecule has 0 unspecified atom stereocenters. The lowest BCUT2D eigenvalue weighted by Gasteiger charge is -2.08. The molecule has 1 saturated carbocycles. The van der Waals surface area contributed by atoms with Gasteiger partial charge < -0.3 is 4.98 Å². The lowest BCUT2D eigenvalue weighted by atomic mass is 10.0. The van der Waals surface area contributed by atoms with Gasteiger partial charge in [-0.25, -0.2) is 4.98 Å². The summed E-state index contributed by atoms with van der Waals surface area (Å²) in [7, 11) is 0. The summed E-state index contributed by atoms with van der Waals surface area (Å²) in [5, 5.41) is 0. The largest absolute Gasteiger partial charge is 0.347 e. The lowest BCUT2D eigenvalue weighted by Crippen LogP contribution is -2.04. The van der Waals surface area contributed by atoms with Crippen LogP contribution in [0, 0.1) is 17.5 Å². The smallest absolute Gasteiger partial charge is 0.129 e. The van der Waals surface area contributed by atoms with E-state index in [1.165, 1.54) is 25.7 Å². The van der Waals surface area contributed by atoms with Gasteiger partial charge in [-0.2, -0.15) is 0 Å². The second-order valence-corrected chi connectivity index (χ2v) is 4.62. The van der Waals surface area contributed by atoms with Crippen molar-refractivity contribution in [3.63, 3.8) is 0 Å². The van der Waals surface area contributed by atoms with Gasteiger partial charge >= 0.3 is 0 Å². The Bertz CT molecular complexity index is 364. The van der Waals surface area contributed by atoms with Crippen LogP contribution in [-0.4, -0.2) is 9.97 Å². The van der Waals surface area contributed by atoms with E-state index < -0.39 is 0 Å². The number of nitrogens with zero attached hydrogens (tertiary/aromatic N) is 1. The third-order valence-corrected chi connectivity index (χ3v) is 3.09. The number of hydrogen-bond acceptors (Lipinski definition) is 2. The topological polar surface area (TPSA) is 28.7 Å². The van der Waals surface area contributed by atoms with E-state index in [0.717, 1.165) is 23.9 Å². The minimum atomic E-state index is 0.717. The number of aryl methyl sites for hydroxylation is 1. The van der Waals surface area contributed by atoms with E-state index in [9.17, 15) is 0 Å². The number of nitrogens with one attached hydrogen (secondary N) is 1. The van der Waals surface area contributed by atoms with Crippen molar-refractivity contribution in [1.82, 2.24) is 9.97 Å². The van der Waals surface area contributed by atoms with Gasteiger partial charge in [-0.3, -0.25) is 0 Å². The Morgan fingerprint density at radius 1 is 1.50 bits per heavy atom. The molecule has 0 aromatic carbocycles. The standard InChI is InChI=1S/C11H16N2S/c1-8-6-11(14)13-10(12-8)7-9-4-2-3-5-9/h6,9H,2-5,7H2,1H3,(H,12,13,14). The second kappa shape index (κ2) is 4.22. The van der Waals surface area contributed by atoms with Gasteiger partial charge in [-0.1, -0.05) is 37.9 Å². The van der Waals surface area contributed by atoms with E-state index in [1.54, 1.807) is 0 Å². The zero-order chi connectivity index (χ0) is 9.97. The van der Waals surface area contributed by atoms with Crippen LogP contribution in [0.3, 0.4) is 0 Å². The van der Waals surface area contributed by atoms with Crippen molar-refractivity contribution in [2.45, 2.75) is 39.0 Å². The Morgan fingerprint density at radius 2 is 2.21 bits per heavy atom. The first-order valence-electron chi connectivity index (χ1n) is 5.31. The highest BCUT2D eigenvalue weighted by Crippen LogP contribution is 2.26. The molecule has 1 aliphatic rings. The number of aromatic nitrogens is 2. The van der Waals surface area contributed by atoms with Crippen LogP contribution in [0.5, 0.6) is 0 Å². The highest BCUT2D eigenvalue weighted by Gasteiger charge is 2.16. The van der Waals surface area contributed by atoms with Crippen molar-refractivity contribution in [2.24, 2.45) is 5.92 Å². The highest BCUT2D eigenvalue weighted by atomic mass is 32.1. The first kappa shape index (κ1) is 9.84. The molecule has 0 saturated heterocycles. The van der Waals surface area contributed by atoms with E-state index in [0.29, 0.717) is 4.64 Å². The van der Waals surface area contributed by atoms with Crippen molar-refractivity contribution in [3.8, 4) is 0 Å². The Morgan fingerprint density at radius 3 is 2.86 bits per heavy atom. The minimum Gasteiger partial charge on any atom is -0.347 e. The van der Waals surface area contributed by atoms with E-state index >= 15 is 0 Å². The molecule has 76 valence electrons. The van der Waals surface area contributed by atoms with E-state index in [-0.39, 0.29) is 0 Å². The predicted molar refractivity (Wildman–Crippen MR) is 59.8 cm³/mol. The molecule has 1 heterocycles. The number of aromatic amines is 1. The predicted octanol–water partition coefficient (Wildman–Crippen LogP) is 3.18. The quantitative estimate of drug-likeness (QED) is 0.756. The van der Waals surface area contributed by atoms with Crippen molar-refractivity contribution in [2.75, 3.05) is 0 Å². The van der Waals surface area contributed by atoms with Crippen LogP contribution in [0.1, 0.15) is 37.2 Å². The zero-order valence-corrected chi connectivity index (χ0v) is 9.36. The Labute approximate surface area is 89.8 Å². The summed E-state index contributed by atoms with van der Waals surface area (Å²) >= 11 is 5.10. The molecule has 2 rings (SSSR count). The highest BCUT2D eigenvalue weighted by molar-refractivity contribution is 7.71. The van der Waals surface area contributed by atoms with Gasteiger partial charge in [0.15, 0.2) is 0 Å². The maximum atomic E-state index is 5.10. The van der Waals surface area contributed by atoms with Gasteiger partial charge in [0.2, 0.25) is 0 Å². The van der Waals surface area contributed by atoms with Crippen molar-refractivity contribution < 1.29 is 0 Å². The summed E-state index contributed by atoms with van der Waals surface area (Å²) in [6.45, 7) is 2.04. The molecule has 1 fully saturated rings. The Balaban J connectivity index is 2.11. The number of hydrogen-bond donors (Lipinski definition) is 1. The fraction of sp³-hybridized carbons (Fsp3) is 0.636. The van der Waals surface area contributed by atoms with Gasteiger partial charge in [0.25, 0.3) is 0 Å². The first-order chi connectivity index (χ1) is 6.74. The number of rotatable bonds is 2. The third-order valence-electron chi connectivity index (χ3n) is 2.88. The van der Waals surface area contributed by atoms with Crippen LogP contribution in [-0.2, 0) is 6.42 Å². The first-order valence-corrected chi connectivity index (χ1v) is 5.72. The molecule has 1 aromatic heterocycles. The molecule has 1 N–H and O–H groups in total. The van der Waals surface area contributed by atoms with Crippen LogP contribution in [0.15, 0.2) is 6.07 Å².